The van der Waals surface area contributed by atoms with Gasteiger partial charge in [0.25, 0.3) is 5.91 Å². The van der Waals surface area contributed by atoms with Crippen LogP contribution < -0.4 is 16.0 Å². The number of fused-ring (bicyclic) bond motifs is 1. The van der Waals surface area contributed by atoms with Gasteiger partial charge in [-0.15, -0.1) is 0 Å². The second kappa shape index (κ2) is 10.2. The standard InChI is InChI=1S/C30H30N4O4/c1-19-6-5-7-21(16-19)27-17-22(25-8-3-4-9-26(25)32-27)18-38-24-12-10-23(11-13-24)30(31)14-15-34(29(30)36)20(2)28(35)33-37/h3-13,16-17,20,37H,14-15,18,31H2,1-2H3,(H,33,35). The monoisotopic (exact) mass is 510 g/mol. The normalized spacial score (nSPS) is 18.0. The minimum Gasteiger partial charge on any atom is -0.489 e. The van der Waals surface area contributed by atoms with Gasteiger partial charge in [-0.25, -0.2) is 10.5 Å². The van der Waals surface area contributed by atoms with Crippen molar-refractivity contribution < 1.29 is 19.5 Å². The van der Waals surface area contributed by atoms with Gasteiger partial charge >= 0.3 is 0 Å². The molecule has 2 heterocycles. The Morgan fingerprint density at radius 1 is 1.13 bits per heavy atom. The highest BCUT2D eigenvalue weighted by molar-refractivity contribution is 5.94. The van der Waals surface area contributed by atoms with E-state index in [1.807, 2.05) is 30.3 Å². The van der Waals surface area contributed by atoms with Gasteiger partial charge in [-0.1, -0.05) is 54.1 Å². The lowest BCUT2D eigenvalue weighted by atomic mass is 9.89. The van der Waals surface area contributed by atoms with Crippen LogP contribution in [0.2, 0.25) is 0 Å². The molecule has 1 aliphatic heterocycles. The number of para-hydroxylation sites is 1. The number of aromatic nitrogens is 1. The Morgan fingerprint density at radius 3 is 2.63 bits per heavy atom. The number of carbonyl (C=O) groups is 2. The zero-order valence-corrected chi connectivity index (χ0v) is 21.3. The Labute approximate surface area is 221 Å². The number of benzene rings is 3. The largest absolute Gasteiger partial charge is 0.489 e. The molecule has 1 fully saturated rings. The van der Waals surface area contributed by atoms with Crippen molar-refractivity contribution in [3.63, 3.8) is 0 Å². The first kappa shape index (κ1) is 25.4. The summed E-state index contributed by atoms with van der Waals surface area (Å²) in [5.41, 5.74) is 12.5. The van der Waals surface area contributed by atoms with E-state index in [4.69, 9.17) is 20.7 Å². The lowest BCUT2D eigenvalue weighted by Gasteiger charge is -2.27. The van der Waals surface area contributed by atoms with Gasteiger partial charge in [0.2, 0.25) is 5.91 Å². The van der Waals surface area contributed by atoms with Gasteiger partial charge in [0.1, 0.15) is 23.9 Å². The summed E-state index contributed by atoms with van der Waals surface area (Å²) in [6, 6.07) is 24.7. The fraction of sp³-hybridized carbons (Fsp3) is 0.233. The van der Waals surface area contributed by atoms with Crippen LogP contribution >= 0.6 is 0 Å². The van der Waals surface area contributed by atoms with Crippen LogP contribution in [0, 0.1) is 6.92 Å². The summed E-state index contributed by atoms with van der Waals surface area (Å²) in [6.45, 7) is 4.28. The van der Waals surface area contributed by atoms with Crippen molar-refractivity contribution in [2.75, 3.05) is 6.54 Å². The van der Waals surface area contributed by atoms with E-state index in [1.165, 1.54) is 10.5 Å². The molecule has 0 bridgehead atoms. The molecule has 3 aromatic carbocycles. The van der Waals surface area contributed by atoms with Crippen molar-refractivity contribution >= 4 is 22.7 Å². The van der Waals surface area contributed by atoms with Crippen molar-refractivity contribution in [3.8, 4) is 17.0 Å². The number of nitrogens with one attached hydrogen (secondary N) is 1. The lowest BCUT2D eigenvalue weighted by molar-refractivity contribution is -0.143. The third-order valence-corrected chi connectivity index (χ3v) is 7.23. The van der Waals surface area contributed by atoms with E-state index in [0.717, 1.165) is 27.7 Å². The fourth-order valence-corrected chi connectivity index (χ4v) is 4.96. The molecule has 8 nitrogen and oxygen atoms in total. The average molecular weight is 511 g/mol. The Hall–Kier alpha value is -4.27. The number of carbonyl (C=O) groups excluding carboxylic acids is 2. The molecule has 8 heteroatoms. The molecule has 1 aromatic heterocycles. The van der Waals surface area contributed by atoms with E-state index >= 15 is 0 Å². The summed E-state index contributed by atoms with van der Waals surface area (Å²) in [6.07, 6.45) is 0.361. The Kier molecular flexibility index (Phi) is 6.84. The predicted octanol–water partition coefficient (Wildman–Crippen LogP) is 4.07. The zero-order valence-electron chi connectivity index (χ0n) is 21.3. The van der Waals surface area contributed by atoms with Gasteiger partial charge in [-0.05, 0) is 56.2 Å². The van der Waals surface area contributed by atoms with Crippen LogP contribution in [0.4, 0.5) is 0 Å². The maximum Gasteiger partial charge on any atom is 0.265 e. The Morgan fingerprint density at radius 2 is 1.89 bits per heavy atom. The number of ether oxygens (including phenoxy) is 1. The van der Waals surface area contributed by atoms with Crippen molar-refractivity contribution in [2.45, 2.75) is 38.5 Å². The zero-order chi connectivity index (χ0) is 26.9. The molecule has 1 aliphatic rings. The third-order valence-electron chi connectivity index (χ3n) is 7.23. The SMILES string of the molecule is Cc1cccc(-c2cc(COc3ccc(C4(N)CCN(C(C)C(=O)NO)C4=O)cc3)c3ccccc3n2)c1. The van der Waals surface area contributed by atoms with Gasteiger partial charge in [0, 0.05) is 23.1 Å². The lowest BCUT2D eigenvalue weighted by Crippen LogP contribution is -2.50. The number of hydrogen-bond acceptors (Lipinski definition) is 6. The van der Waals surface area contributed by atoms with Gasteiger partial charge in [0.05, 0.1) is 11.2 Å². The Balaban J connectivity index is 1.35. The number of nitrogens with two attached hydrogens (primary N) is 1. The van der Waals surface area contributed by atoms with Crippen LogP contribution in [0.15, 0.2) is 78.9 Å². The number of nitrogens with zero attached hydrogens (tertiary/aromatic N) is 2. The maximum absolute atomic E-state index is 13.1. The predicted molar refractivity (Wildman–Crippen MR) is 144 cm³/mol. The van der Waals surface area contributed by atoms with E-state index in [2.05, 4.69) is 31.2 Å². The van der Waals surface area contributed by atoms with E-state index in [0.29, 0.717) is 30.9 Å². The number of pyridine rings is 1. The molecular weight excluding hydrogens is 480 g/mol. The summed E-state index contributed by atoms with van der Waals surface area (Å²) in [7, 11) is 0. The van der Waals surface area contributed by atoms with Gasteiger partial charge in [-0.3, -0.25) is 14.8 Å². The molecule has 38 heavy (non-hydrogen) atoms. The van der Waals surface area contributed by atoms with Crippen LogP contribution in [0.5, 0.6) is 5.75 Å². The van der Waals surface area contributed by atoms with Crippen LogP contribution in [0.3, 0.4) is 0 Å². The quantitative estimate of drug-likeness (QED) is 0.255. The van der Waals surface area contributed by atoms with Gasteiger partial charge in [-0.2, -0.15) is 0 Å². The highest BCUT2D eigenvalue weighted by atomic mass is 16.5. The molecule has 4 aromatic rings. The molecule has 1 saturated heterocycles. The first-order valence-corrected chi connectivity index (χ1v) is 12.5. The van der Waals surface area contributed by atoms with Crippen molar-refractivity contribution in [3.05, 3.63) is 95.6 Å². The average Bonchev–Trinajstić information content (AvgIpc) is 3.25. The number of amides is 2. The molecule has 0 aliphatic carbocycles. The minimum absolute atomic E-state index is 0.320. The minimum atomic E-state index is -1.24. The first-order valence-electron chi connectivity index (χ1n) is 12.5. The fourth-order valence-electron chi connectivity index (χ4n) is 4.96. The van der Waals surface area contributed by atoms with Crippen LogP contribution in [-0.2, 0) is 21.7 Å². The van der Waals surface area contributed by atoms with Gasteiger partial charge < -0.3 is 15.4 Å². The number of likely N-dealkylation sites (tertiary alicyclic amines) is 1. The molecule has 0 radical (unpaired) electrons. The van der Waals surface area contributed by atoms with Crippen molar-refractivity contribution in [1.29, 1.82) is 0 Å². The van der Waals surface area contributed by atoms with Crippen LogP contribution in [-0.4, -0.2) is 39.5 Å². The van der Waals surface area contributed by atoms with Crippen LogP contribution in [0.25, 0.3) is 22.2 Å². The van der Waals surface area contributed by atoms with E-state index in [1.54, 1.807) is 36.7 Å². The van der Waals surface area contributed by atoms with E-state index in [9.17, 15) is 9.59 Å². The number of aryl methyl sites for hydroxylation is 1. The summed E-state index contributed by atoms with van der Waals surface area (Å²) in [5.74, 6) is -0.361. The molecule has 2 amide bonds. The molecule has 4 N–H and O–H groups in total. The van der Waals surface area contributed by atoms with Gasteiger partial charge in [0.15, 0.2) is 0 Å². The second-order valence-electron chi connectivity index (χ2n) is 9.74. The first-order chi connectivity index (χ1) is 18.3. The highest BCUT2D eigenvalue weighted by Crippen LogP contribution is 2.33. The molecule has 5 rings (SSSR count). The summed E-state index contributed by atoms with van der Waals surface area (Å²) in [4.78, 5) is 31.1. The number of hydroxylamine groups is 1. The van der Waals surface area contributed by atoms with Crippen molar-refractivity contribution in [1.82, 2.24) is 15.4 Å². The molecule has 2 unspecified atom stereocenters. The van der Waals surface area contributed by atoms with Crippen LogP contribution in [0.1, 0.15) is 30.0 Å². The topological polar surface area (TPSA) is 118 Å². The molecular formula is C30H30N4O4. The summed E-state index contributed by atoms with van der Waals surface area (Å²) in [5, 5.41) is 9.95. The molecule has 0 saturated carbocycles. The number of hydrogen-bond donors (Lipinski definition) is 3. The summed E-state index contributed by atoms with van der Waals surface area (Å²) < 4.78 is 6.15. The Bertz CT molecular complexity index is 1500. The molecule has 0 spiro atoms. The van der Waals surface area contributed by atoms with E-state index in [-0.39, 0.29) is 5.91 Å². The smallest absolute Gasteiger partial charge is 0.265 e. The summed E-state index contributed by atoms with van der Waals surface area (Å²) >= 11 is 0. The van der Waals surface area contributed by atoms with E-state index < -0.39 is 17.5 Å². The number of rotatable bonds is 7. The third kappa shape index (κ3) is 4.71. The second-order valence-corrected chi connectivity index (χ2v) is 9.74. The van der Waals surface area contributed by atoms with Crippen molar-refractivity contribution in [2.24, 2.45) is 5.73 Å². The molecule has 2 atom stereocenters. The highest BCUT2D eigenvalue weighted by Gasteiger charge is 2.47. The maximum atomic E-state index is 13.1. The molecule has 194 valence electrons.